The Morgan fingerprint density at radius 1 is 1.40 bits per heavy atom. The van der Waals surface area contributed by atoms with Crippen LogP contribution in [-0.4, -0.2) is 45.4 Å². The van der Waals surface area contributed by atoms with Gasteiger partial charge < -0.3 is 14.8 Å². The van der Waals surface area contributed by atoms with E-state index in [4.69, 9.17) is 9.47 Å². The SMILES string of the molecule is COc1ncnc2cnn(CC(=O)NCC3Cc4ccccc4O3)c12. The number of benzene rings is 1. The Balaban J connectivity index is 1.39. The molecular formula is C17H17N5O3. The molecule has 0 spiro atoms. The van der Waals surface area contributed by atoms with Gasteiger partial charge in [0.25, 0.3) is 0 Å². The van der Waals surface area contributed by atoms with Crippen molar-refractivity contribution in [3.8, 4) is 11.6 Å². The lowest BCUT2D eigenvalue weighted by Gasteiger charge is -2.12. The molecular weight excluding hydrogens is 322 g/mol. The molecule has 0 aliphatic carbocycles. The second-order valence-electron chi connectivity index (χ2n) is 5.77. The highest BCUT2D eigenvalue weighted by molar-refractivity contribution is 5.82. The van der Waals surface area contributed by atoms with Crippen LogP contribution >= 0.6 is 0 Å². The summed E-state index contributed by atoms with van der Waals surface area (Å²) >= 11 is 0. The minimum Gasteiger partial charge on any atom is -0.488 e. The standard InChI is InChI=1S/C17H17N5O3/c1-24-17-16-13(19-10-20-17)8-21-22(16)9-15(23)18-7-12-6-11-4-2-3-5-14(11)25-12/h2-5,8,10,12H,6-7,9H2,1H3,(H,18,23). The molecule has 0 bridgehead atoms. The number of nitrogens with zero attached hydrogens (tertiary/aromatic N) is 4. The van der Waals surface area contributed by atoms with Gasteiger partial charge in [-0.05, 0) is 11.6 Å². The molecule has 8 nitrogen and oxygen atoms in total. The zero-order chi connectivity index (χ0) is 17.2. The first-order chi connectivity index (χ1) is 12.2. The number of amides is 1. The van der Waals surface area contributed by atoms with Gasteiger partial charge in [0.1, 0.15) is 35.8 Å². The summed E-state index contributed by atoms with van der Waals surface area (Å²) in [5.74, 6) is 1.13. The molecule has 1 atom stereocenters. The lowest BCUT2D eigenvalue weighted by molar-refractivity contribution is -0.122. The molecule has 1 aromatic carbocycles. The van der Waals surface area contributed by atoms with Gasteiger partial charge in [-0.15, -0.1) is 0 Å². The van der Waals surface area contributed by atoms with Gasteiger partial charge in [-0.25, -0.2) is 9.67 Å². The summed E-state index contributed by atoms with van der Waals surface area (Å²) in [6.07, 6.45) is 3.74. The van der Waals surface area contributed by atoms with Crippen molar-refractivity contribution in [2.75, 3.05) is 13.7 Å². The third-order valence-electron chi connectivity index (χ3n) is 4.12. The topological polar surface area (TPSA) is 91.2 Å². The van der Waals surface area contributed by atoms with Crippen LogP contribution in [0.3, 0.4) is 0 Å². The molecule has 0 radical (unpaired) electrons. The molecule has 0 saturated heterocycles. The Labute approximate surface area is 143 Å². The minimum atomic E-state index is -0.157. The number of fused-ring (bicyclic) bond motifs is 2. The first-order valence-corrected chi connectivity index (χ1v) is 7.96. The zero-order valence-electron chi connectivity index (χ0n) is 13.7. The number of aromatic nitrogens is 4. The van der Waals surface area contributed by atoms with Gasteiger partial charge in [-0.2, -0.15) is 10.1 Å². The van der Waals surface area contributed by atoms with E-state index in [0.717, 1.165) is 12.2 Å². The second kappa shape index (κ2) is 6.39. The zero-order valence-corrected chi connectivity index (χ0v) is 13.7. The van der Waals surface area contributed by atoms with Crippen molar-refractivity contribution in [1.29, 1.82) is 0 Å². The summed E-state index contributed by atoms with van der Waals surface area (Å²) < 4.78 is 12.6. The number of ether oxygens (including phenoxy) is 2. The number of methoxy groups -OCH3 is 1. The van der Waals surface area contributed by atoms with Crippen LogP contribution < -0.4 is 14.8 Å². The average Bonchev–Trinajstić information content (AvgIpc) is 3.23. The molecule has 3 heterocycles. The number of hydrogen-bond acceptors (Lipinski definition) is 6. The maximum atomic E-state index is 12.3. The number of hydrogen-bond donors (Lipinski definition) is 1. The molecule has 128 valence electrons. The normalized spacial score (nSPS) is 15.6. The summed E-state index contributed by atoms with van der Waals surface area (Å²) in [7, 11) is 1.52. The third kappa shape index (κ3) is 2.98. The van der Waals surface area contributed by atoms with Crippen molar-refractivity contribution >= 4 is 16.9 Å². The van der Waals surface area contributed by atoms with Crippen molar-refractivity contribution in [2.45, 2.75) is 19.1 Å². The number of para-hydroxylation sites is 1. The molecule has 3 aromatic rings. The Hall–Kier alpha value is -3.16. The molecule has 1 aliphatic rings. The molecule has 0 saturated carbocycles. The van der Waals surface area contributed by atoms with Gasteiger partial charge in [0.2, 0.25) is 11.8 Å². The van der Waals surface area contributed by atoms with Crippen molar-refractivity contribution in [3.05, 3.63) is 42.4 Å². The fraction of sp³-hybridized carbons (Fsp3) is 0.294. The molecule has 1 N–H and O–H groups in total. The third-order valence-corrected chi connectivity index (χ3v) is 4.12. The van der Waals surface area contributed by atoms with E-state index >= 15 is 0 Å². The lowest BCUT2D eigenvalue weighted by atomic mass is 10.1. The maximum absolute atomic E-state index is 12.3. The van der Waals surface area contributed by atoms with Crippen LogP contribution in [0.1, 0.15) is 5.56 Å². The molecule has 1 unspecified atom stereocenters. The van der Waals surface area contributed by atoms with E-state index in [1.54, 1.807) is 6.20 Å². The molecule has 2 aromatic heterocycles. The summed E-state index contributed by atoms with van der Waals surface area (Å²) in [6, 6.07) is 7.91. The van der Waals surface area contributed by atoms with Gasteiger partial charge in [-0.1, -0.05) is 18.2 Å². The summed E-state index contributed by atoms with van der Waals surface area (Å²) in [5.41, 5.74) is 2.40. The predicted molar refractivity (Wildman–Crippen MR) is 89.4 cm³/mol. The van der Waals surface area contributed by atoms with E-state index in [1.807, 2.05) is 24.3 Å². The van der Waals surface area contributed by atoms with Crippen molar-refractivity contribution in [2.24, 2.45) is 0 Å². The minimum absolute atomic E-state index is 0.0476. The smallest absolute Gasteiger partial charge is 0.243 e. The first kappa shape index (κ1) is 15.4. The van der Waals surface area contributed by atoms with E-state index in [2.05, 4.69) is 20.4 Å². The van der Waals surface area contributed by atoms with Gasteiger partial charge in [-0.3, -0.25) is 4.79 Å². The van der Waals surface area contributed by atoms with Crippen LogP contribution in [0.15, 0.2) is 36.8 Å². The van der Waals surface area contributed by atoms with Crippen LogP contribution in [0.2, 0.25) is 0 Å². The molecule has 1 aliphatic heterocycles. The average molecular weight is 339 g/mol. The molecule has 8 heteroatoms. The highest BCUT2D eigenvalue weighted by Gasteiger charge is 2.23. The Morgan fingerprint density at radius 3 is 3.12 bits per heavy atom. The first-order valence-electron chi connectivity index (χ1n) is 7.96. The number of nitrogens with one attached hydrogen (secondary N) is 1. The second-order valence-corrected chi connectivity index (χ2v) is 5.77. The number of rotatable bonds is 5. The quantitative estimate of drug-likeness (QED) is 0.744. The summed E-state index contributed by atoms with van der Waals surface area (Å²) in [6.45, 7) is 0.507. The fourth-order valence-corrected chi connectivity index (χ4v) is 2.95. The van der Waals surface area contributed by atoms with Gasteiger partial charge in [0, 0.05) is 6.42 Å². The monoisotopic (exact) mass is 339 g/mol. The predicted octanol–water partition coefficient (Wildman–Crippen LogP) is 0.955. The Bertz CT molecular complexity index is 899. The molecule has 1 amide bonds. The summed E-state index contributed by atoms with van der Waals surface area (Å²) in [4.78, 5) is 20.4. The van der Waals surface area contributed by atoms with Crippen molar-refractivity contribution in [1.82, 2.24) is 25.1 Å². The van der Waals surface area contributed by atoms with Crippen molar-refractivity contribution < 1.29 is 14.3 Å². The molecule has 0 fully saturated rings. The van der Waals surface area contributed by atoms with Crippen molar-refractivity contribution in [3.63, 3.8) is 0 Å². The molecule has 25 heavy (non-hydrogen) atoms. The van der Waals surface area contributed by atoms with Crippen LogP contribution in [0.5, 0.6) is 11.6 Å². The van der Waals surface area contributed by atoms with E-state index in [9.17, 15) is 4.79 Å². The highest BCUT2D eigenvalue weighted by atomic mass is 16.5. The van der Waals surface area contributed by atoms with Crippen LogP contribution in [0.25, 0.3) is 11.0 Å². The van der Waals surface area contributed by atoms with Gasteiger partial charge in [0.15, 0.2) is 0 Å². The van der Waals surface area contributed by atoms with E-state index in [0.29, 0.717) is 23.5 Å². The van der Waals surface area contributed by atoms with E-state index < -0.39 is 0 Å². The van der Waals surface area contributed by atoms with Crippen LogP contribution in [-0.2, 0) is 17.8 Å². The Morgan fingerprint density at radius 2 is 2.28 bits per heavy atom. The summed E-state index contributed by atoms with van der Waals surface area (Å²) in [5, 5.41) is 7.09. The van der Waals surface area contributed by atoms with Crippen LogP contribution in [0, 0.1) is 0 Å². The van der Waals surface area contributed by atoms with Gasteiger partial charge in [0.05, 0.1) is 19.9 Å². The maximum Gasteiger partial charge on any atom is 0.243 e. The highest BCUT2D eigenvalue weighted by Crippen LogP contribution is 2.27. The number of carbonyl (C=O) groups excluding carboxylic acids is 1. The van der Waals surface area contributed by atoms with E-state index in [1.165, 1.54) is 23.7 Å². The molecule has 4 rings (SSSR count). The lowest BCUT2D eigenvalue weighted by Crippen LogP contribution is -2.36. The van der Waals surface area contributed by atoms with Crippen LogP contribution in [0.4, 0.5) is 0 Å². The van der Waals surface area contributed by atoms with E-state index in [-0.39, 0.29) is 18.6 Å². The largest absolute Gasteiger partial charge is 0.488 e. The number of carbonyl (C=O) groups is 1. The Kier molecular flexibility index (Phi) is 3.93. The van der Waals surface area contributed by atoms with Gasteiger partial charge >= 0.3 is 0 Å². The fourth-order valence-electron chi connectivity index (χ4n) is 2.95.